The van der Waals surface area contributed by atoms with Crippen LogP contribution in [-0.4, -0.2) is 30.5 Å². The summed E-state index contributed by atoms with van der Waals surface area (Å²) in [6, 6.07) is 4.19. The molecule has 1 rings (SSSR count). The van der Waals surface area contributed by atoms with Crippen molar-refractivity contribution in [2.24, 2.45) is 0 Å². The molecule has 0 atom stereocenters. The lowest BCUT2D eigenvalue weighted by molar-refractivity contribution is -0.385. The molecule has 20 heavy (non-hydrogen) atoms. The zero-order valence-electron chi connectivity index (χ0n) is 11.8. The molecule has 0 heterocycles. The molecule has 0 aliphatic rings. The summed E-state index contributed by atoms with van der Waals surface area (Å²) in [6.07, 6.45) is 2.03. The third-order valence-corrected chi connectivity index (χ3v) is 2.69. The monoisotopic (exact) mass is 281 g/mol. The van der Waals surface area contributed by atoms with Crippen LogP contribution in [0.25, 0.3) is 0 Å². The van der Waals surface area contributed by atoms with E-state index in [4.69, 9.17) is 9.47 Å². The van der Waals surface area contributed by atoms with Crippen molar-refractivity contribution < 1.29 is 19.2 Å². The van der Waals surface area contributed by atoms with Gasteiger partial charge < -0.3 is 9.47 Å². The number of nitro benzene ring substituents is 1. The fourth-order valence-electron chi connectivity index (χ4n) is 1.56. The van der Waals surface area contributed by atoms with Gasteiger partial charge in [0.2, 0.25) is 0 Å². The number of unbranched alkanes of at least 4 members (excludes halogenated alkanes) is 1. The van der Waals surface area contributed by atoms with E-state index in [1.807, 2.05) is 0 Å². The molecule has 110 valence electrons. The molecule has 0 aliphatic carbocycles. The number of hydrogen-bond acceptors (Lipinski definition) is 5. The predicted octanol–water partition coefficient (Wildman–Crippen LogP) is 2.99. The zero-order valence-corrected chi connectivity index (χ0v) is 11.8. The summed E-state index contributed by atoms with van der Waals surface area (Å²) < 4.78 is 10.6. The summed E-state index contributed by atoms with van der Waals surface area (Å²) >= 11 is 0. The Morgan fingerprint density at radius 3 is 2.65 bits per heavy atom. The van der Waals surface area contributed by atoms with Gasteiger partial charge >= 0.3 is 5.69 Å². The van der Waals surface area contributed by atoms with E-state index < -0.39 is 4.92 Å². The highest BCUT2D eigenvalue weighted by molar-refractivity contribution is 5.95. The lowest BCUT2D eigenvalue weighted by Gasteiger charge is -2.08. The number of hydrogen-bond donors (Lipinski definition) is 0. The van der Waals surface area contributed by atoms with Gasteiger partial charge in [-0.2, -0.15) is 0 Å². The highest BCUT2D eigenvalue weighted by atomic mass is 16.6. The van der Waals surface area contributed by atoms with Crippen molar-refractivity contribution in [1.82, 2.24) is 0 Å². The molecule has 0 saturated heterocycles. The largest absolute Gasteiger partial charge is 0.484 e. The number of nitrogens with zero attached hydrogens (tertiary/aromatic N) is 1. The zero-order chi connectivity index (χ0) is 15.0. The van der Waals surface area contributed by atoms with Crippen LogP contribution >= 0.6 is 0 Å². The predicted molar refractivity (Wildman–Crippen MR) is 74.3 cm³/mol. The van der Waals surface area contributed by atoms with Crippen molar-refractivity contribution in [2.45, 2.75) is 26.7 Å². The Labute approximate surface area is 117 Å². The molecule has 6 nitrogen and oxygen atoms in total. The average molecular weight is 281 g/mol. The van der Waals surface area contributed by atoms with Gasteiger partial charge in [-0.25, -0.2) is 0 Å². The lowest BCUT2D eigenvalue weighted by atomic mass is 10.1. The molecule has 1 aromatic rings. The maximum atomic E-state index is 11.2. The fourth-order valence-corrected chi connectivity index (χ4v) is 1.56. The van der Waals surface area contributed by atoms with Crippen LogP contribution in [0.15, 0.2) is 18.2 Å². The molecule has 0 aromatic heterocycles. The van der Waals surface area contributed by atoms with Crippen molar-refractivity contribution >= 4 is 11.5 Å². The average Bonchev–Trinajstić information content (AvgIpc) is 2.42. The fraction of sp³-hybridized carbons (Fsp3) is 0.500. The number of ether oxygens (including phenoxy) is 2. The van der Waals surface area contributed by atoms with Crippen LogP contribution in [0.2, 0.25) is 0 Å². The van der Waals surface area contributed by atoms with Crippen LogP contribution in [0, 0.1) is 10.1 Å². The van der Waals surface area contributed by atoms with E-state index in [0.29, 0.717) is 18.8 Å². The van der Waals surface area contributed by atoms with Crippen LogP contribution in [0.3, 0.4) is 0 Å². The molecular formula is C14H19NO5. The summed E-state index contributed by atoms with van der Waals surface area (Å²) in [6.45, 7) is 4.71. The minimum absolute atomic E-state index is 0.152. The van der Waals surface area contributed by atoms with Crippen LogP contribution in [0.1, 0.15) is 37.0 Å². The number of benzene rings is 1. The molecule has 0 radical (unpaired) electrons. The highest BCUT2D eigenvalue weighted by Crippen LogP contribution is 2.28. The van der Waals surface area contributed by atoms with E-state index in [1.165, 1.54) is 25.1 Å². The lowest BCUT2D eigenvalue weighted by Crippen LogP contribution is -2.09. The second-order valence-corrected chi connectivity index (χ2v) is 4.31. The quantitative estimate of drug-likeness (QED) is 0.301. The summed E-state index contributed by atoms with van der Waals surface area (Å²) in [7, 11) is 0. The number of carbonyl (C=O) groups is 1. The third kappa shape index (κ3) is 4.97. The molecule has 0 saturated carbocycles. The second-order valence-electron chi connectivity index (χ2n) is 4.31. The minimum atomic E-state index is -0.556. The van der Waals surface area contributed by atoms with E-state index in [9.17, 15) is 14.9 Å². The van der Waals surface area contributed by atoms with Gasteiger partial charge in [0.1, 0.15) is 6.61 Å². The van der Waals surface area contributed by atoms with Gasteiger partial charge in [0, 0.05) is 18.2 Å². The molecule has 1 aromatic carbocycles. The first-order valence-corrected chi connectivity index (χ1v) is 6.56. The number of ketones is 1. The van der Waals surface area contributed by atoms with Gasteiger partial charge in [0.05, 0.1) is 11.5 Å². The van der Waals surface area contributed by atoms with Crippen LogP contribution in [-0.2, 0) is 4.74 Å². The maximum Gasteiger partial charge on any atom is 0.311 e. The Balaban J connectivity index is 2.60. The van der Waals surface area contributed by atoms with Gasteiger partial charge in [0.15, 0.2) is 11.5 Å². The third-order valence-electron chi connectivity index (χ3n) is 2.69. The first-order valence-electron chi connectivity index (χ1n) is 6.56. The van der Waals surface area contributed by atoms with E-state index in [-0.39, 0.29) is 23.8 Å². The molecule has 0 N–H and O–H groups in total. The number of nitro groups is 1. The normalized spacial score (nSPS) is 10.3. The van der Waals surface area contributed by atoms with Crippen molar-refractivity contribution in [1.29, 1.82) is 0 Å². The Bertz CT molecular complexity index is 473. The first-order chi connectivity index (χ1) is 9.56. The summed E-state index contributed by atoms with van der Waals surface area (Å²) in [5, 5.41) is 11.0. The topological polar surface area (TPSA) is 78.7 Å². The van der Waals surface area contributed by atoms with E-state index in [1.54, 1.807) is 0 Å². The van der Waals surface area contributed by atoms with Crippen molar-refractivity contribution in [3.8, 4) is 5.75 Å². The Morgan fingerprint density at radius 1 is 1.30 bits per heavy atom. The van der Waals surface area contributed by atoms with Crippen LogP contribution in [0.5, 0.6) is 5.75 Å². The van der Waals surface area contributed by atoms with Crippen LogP contribution in [0.4, 0.5) is 5.69 Å². The standard InChI is InChI=1S/C14H19NO5/c1-3-4-7-19-8-9-20-14-6-5-12(11(2)16)10-13(14)15(17)18/h5-6,10H,3-4,7-9H2,1-2H3. The van der Waals surface area contributed by atoms with Gasteiger partial charge in [0.25, 0.3) is 0 Å². The van der Waals surface area contributed by atoms with Crippen molar-refractivity contribution in [3.05, 3.63) is 33.9 Å². The van der Waals surface area contributed by atoms with Gasteiger partial charge in [-0.05, 0) is 25.5 Å². The van der Waals surface area contributed by atoms with Gasteiger partial charge in [-0.15, -0.1) is 0 Å². The Hall–Kier alpha value is -1.95. The number of carbonyl (C=O) groups excluding carboxylic acids is 1. The van der Waals surface area contributed by atoms with Gasteiger partial charge in [-0.3, -0.25) is 14.9 Å². The molecular weight excluding hydrogens is 262 g/mol. The summed E-state index contributed by atoms with van der Waals surface area (Å²) in [4.78, 5) is 21.6. The van der Waals surface area contributed by atoms with Gasteiger partial charge in [-0.1, -0.05) is 13.3 Å². The Kier molecular flexibility index (Phi) is 6.66. The minimum Gasteiger partial charge on any atom is -0.484 e. The smallest absolute Gasteiger partial charge is 0.311 e. The summed E-state index contributed by atoms with van der Waals surface area (Å²) in [5.41, 5.74) is 0.0921. The Morgan fingerprint density at radius 2 is 2.05 bits per heavy atom. The molecule has 0 aliphatic heterocycles. The van der Waals surface area contributed by atoms with Crippen molar-refractivity contribution in [3.63, 3.8) is 0 Å². The molecule has 0 spiro atoms. The molecule has 0 bridgehead atoms. The SMILES string of the molecule is CCCCOCCOc1ccc(C(C)=O)cc1[N+](=O)[O-]. The highest BCUT2D eigenvalue weighted by Gasteiger charge is 2.17. The number of Topliss-reactive ketones (excluding diaryl/α,β-unsaturated/α-hetero) is 1. The van der Waals surface area contributed by atoms with E-state index in [0.717, 1.165) is 12.8 Å². The second kappa shape index (κ2) is 8.27. The molecule has 0 amide bonds. The maximum absolute atomic E-state index is 11.2. The summed E-state index contributed by atoms with van der Waals surface area (Å²) in [5.74, 6) is -0.0679. The number of rotatable bonds is 9. The first kappa shape index (κ1) is 16.1. The van der Waals surface area contributed by atoms with Crippen LogP contribution < -0.4 is 4.74 Å². The van der Waals surface area contributed by atoms with E-state index >= 15 is 0 Å². The van der Waals surface area contributed by atoms with E-state index in [2.05, 4.69) is 6.92 Å². The molecule has 0 unspecified atom stereocenters. The molecule has 6 heteroatoms. The van der Waals surface area contributed by atoms with Crippen molar-refractivity contribution in [2.75, 3.05) is 19.8 Å². The molecule has 0 fully saturated rings.